The summed E-state index contributed by atoms with van der Waals surface area (Å²) in [5, 5.41) is 0. The van der Waals surface area contributed by atoms with Gasteiger partial charge in [-0.05, 0) is 32.6 Å². The molecule has 0 radical (unpaired) electrons. The summed E-state index contributed by atoms with van der Waals surface area (Å²) < 4.78 is 10.4. The highest BCUT2D eigenvalue weighted by Crippen LogP contribution is 2.17. The summed E-state index contributed by atoms with van der Waals surface area (Å²) >= 11 is 0. The zero-order valence-electron chi connectivity index (χ0n) is 17.7. The van der Waals surface area contributed by atoms with Crippen LogP contribution in [0.2, 0.25) is 0 Å². The van der Waals surface area contributed by atoms with Gasteiger partial charge in [-0.3, -0.25) is 4.90 Å². The van der Waals surface area contributed by atoms with Crippen molar-refractivity contribution in [3.8, 4) is 0 Å². The van der Waals surface area contributed by atoms with E-state index in [2.05, 4.69) is 6.92 Å². The van der Waals surface area contributed by atoms with Crippen molar-refractivity contribution in [2.75, 3.05) is 19.8 Å². The van der Waals surface area contributed by atoms with Crippen molar-refractivity contribution in [3.05, 3.63) is 0 Å². The highest BCUT2D eigenvalue weighted by molar-refractivity contribution is 5.81. The quantitative estimate of drug-likeness (QED) is 0.279. The third-order valence-electron chi connectivity index (χ3n) is 4.38. The first-order valence-electron chi connectivity index (χ1n) is 10.6. The van der Waals surface area contributed by atoms with E-state index in [1.807, 2.05) is 13.8 Å². The third-order valence-corrected chi connectivity index (χ3v) is 4.38. The van der Waals surface area contributed by atoms with Crippen molar-refractivity contribution in [2.45, 2.75) is 98.4 Å². The predicted octanol–water partition coefficient (Wildman–Crippen LogP) is 5.56. The van der Waals surface area contributed by atoms with E-state index in [-0.39, 0.29) is 5.97 Å². The van der Waals surface area contributed by atoms with Crippen LogP contribution in [0.3, 0.4) is 0 Å². The summed E-state index contributed by atoms with van der Waals surface area (Å²) in [7, 11) is 0. The molecule has 0 fully saturated rings. The Hall–Kier alpha value is -1.26. The Morgan fingerprint density at radius 3 is 1.85 bits per heavy atom. The van der Waals surface area contributed by atoms with E-state index < -0.39 is 12.1 Å². The molecule has 0 N–H and O–H groups in total. The topological polar surface area (TPSA) is 55.8 Å². The maximum atomic E-state index is 12.4. The molecule has 0 aliphatic rings. The Bertz CT molecular complexity index is 371. The standard InChI is InChI=1S/C21H41NO4/c1-6-9-10-11-12-13-14-15-16-22(21(24)26-8-3)19(17-18(4)5)20(23)25-7-2/h18-19H,6-17H2,1-5H3/t19-/m0/s1. The molecule has 0 aromatic heterocycles. The number of hydrogen-bond acceptors (Lipinski definition) is 4. The molecule has 0 rings (SSSR count). The van der Waals surface area contributed by atoms with Crippen molar-refractivity contribution in [2.24, 2.45) is 5.92 Å². The van der Waals surface area contributed by atoms with E-state index >= 15 is 0 Å². The van der Waals surface area contributed by atoms with Crippen molar-refractivity contribution in [1.29, 1.82) is 0 Å². The van der Waals surface area contributed by atoms with Gasteiger partial charge in [0.25, 0.3) is 0 Å². The lowest BCUT2D eigenvalue weighted by molar-refractivity contribution is -0.149. The van der Waals surface area contributed by atoms with E-state index in [1.54, 1.807) is 18.7 Å². The lowest BCUT2D eigenvalue weighted by Crippen LogP contribution is -2.47. The molecule has 0 spiro atoms. The first-order valence-corrected chi connectivity index (χ1v) is 10.6. The molecule has 0 aromatic carbocycles. The molecule has 1 amide bonds. The molecule has 0 aromatic rings. The maximum absolute atomic E-state index is 12.4. The molecule has 5 heteroatoms. The molecule has 0 bridgehead atoms. The molecular weight excluding hydrogens is 330 g/mol. The van der Waals surface area contributed by atoms with Crippen molar-refractivity contribution >= 4 is 12.1 Å². The largest absolute Gasteiger partial charge is 0.464 e. The van der Waals surface area contributed by atoms with E-state index in [9.17, 15) is 9.59 Å². The third kappa shape index (κ3) is 11.4. The fourth-order valence-electron chi connectivity index (χ4n) is 3.03. The molecule has 0 saturated heterocycles. The van der Waals surface area contributed by atoms with Crippen LogP contribution >= 0.6 is 0 Å². The Balaban J connectivity index is 4.64. The van der Waals surface area contributed by atoms with Gasteiger partial charge in [-0.15, -0.1) is 0 Å². The van der Waals surface area contributed by atoms with Crippen LogP contribution in [-0.2, 0) is 14.3 Å². The average Bonchev–Trinajstić information content (AvgIpc) is 2.59. The minimum absolute atomic E-state index is 0.292. The Kier molecular flexibility index (Phi) is 15.2. The number of carbonyl (C=O) groups is 2. The smallest absolute Gasteiger partial charge is 0.410 e. The number of unbranched alkanes of at least 4 members (excludes halogenated alkanes) is 7. The van der Waals surface area contributed by atoms with Gasteiger partial charge in [0.15, 0.2) is 0 Å². The molecule has 1 atom stereocenters. The fraction of sp³-hybridized carbons (Fsp3) is 0.905. The fourth-order valence-corrected chi connectivity index (χ4v) is 3.03. The van der Waals surface area contributed by atoms with Gasteiger partial charge in [0.2, 0.25) is 0 Å². The van der Waals surface area contributed by atoms with Gasteiger partial charge in [0.05, 0.1) is 13.2 Å². The second-order valence-electron chi connectivity index (χ2n) is 7.26. The SMILES string of the molecule is CCCCCCCCCCN(C(=O)OCC)[C@@H](CC(C)C)C(=O)OCC. The summed E-state index contributed by atoms with van der Waals surface area (Å²) in [6, 6.07) is -0.557. The lowest BCUT2D eigenvalue weighted by Gasteiger charge is -2.30. The van der Waals surface area contributed by atoms with E-state index in [1.165, 1.54) is 38.5 Å². The van der Waals surface area contributed by atoms with E-state index in [0.717, 1.165) is 12.8 Å². The maximum Gasteiger partial charge on any atom is 0.410 e. The second kappa shape index (κ2) is 16.0. The predicted molar refractivity (Wildman–Crippen MR) is 106 cm³/mol. The number of esters is 1. The van der Waals surface area contributed by atoms with Crippen LogP contribution in [0.25, 0.3) is 0 Å². The van der Waals surface area contributed by atoms with E-state index in [0.29, 0.717) is 32.1 Å². The van der Waals surface area contributed by atoms with Crippen LogP contribution in [0, 0.1) is 5.92 Å². The molecule has 0 heterocycles. The van der Waals surface area contributed by atoms with Crippen LogP contribution in [0.15, 0.2) is 0 Å². The molecule has 0 aliphatic carbocycles. The van der Waals surface area contributed by atoms with Crippen molar-refractivity contribution < 1.29 is 19.1 Å². The van der Waals surface area contributed by atoms with Crippen LogP contribution in [0.1, 0.15) is 92.4 Å². The monoisotopic (exact) mass is 371 g/mol. The van der Waals surface area contributed by atoms with Crippen molar-refractivity contribution in [3.63, 3.8) is 0 Å². The Morgan fingerprint density at radius 1 is 0.808 bits per heavy atom. The number of rotatable bonds is 15. The lowest BCUT2D eigenvalue weighted by atomic mass is 10.0. The van der Waals surface area contributed by atoms with Gasteiger partial charge in [-0.1, -0.05) is 65.7 Å². The van der Waals surface area contributed by atoms with Gasteiger partial charge in [0, 0.05) is 6.54 Å². The van der Waals surface area contributed by atoms with Gasteiger partial charge < -0.3 is 9.47 Å². The minimum Gasteiger partial charge on any atom is -0.464 e. The summed E-state index contributed by atoms with van der Waals surface area (Å²) in [6.07, 6.45) is 9.73. The van der Waals surface area contributed by atoms with Crippen LogP contribution < -0.4 is 0 Å². The highest BCUT2D eigenvalue weighted by Gasteiger charge is 2.32. The summed E-state index contributed by atoms with van der Waals surface area (Å²) in [6.45, 7) is 11.1. The normalized spacial score (nSPS) is 12.1. The molecule has 26 heavy (non-hydrogen) atoms. The molecule has 0 aliphatic heterocycles. The van der Waals surface area contributed by atoms with Gasteiger partial charge in [0.1, 0.15) is 6.04 Å². The number of carbonyl (C=O) groups excluding carboxylic acids is 2. The summed E-state index contributed by atoms with van der Waals surface area (Å²) in [5.74, 6) is -0.0336. The van der Waals surface area contributed by atoms with Crippen LogP contribution in [0.4, 0.5) is 4.79 Å². The van der Waals surface area contributed by atoms with Crippen LogP contribution in [0.5, 0.6) is 0 Å². The minimum atomic E-state index is -0.557. The number of ether oxygens (including phenoxy) is 2. The summed E-state index contributed by atoms with van der Waals surface area (Å²) in [4.78, 5) is 26.4. The zero-order valence-corrected chi connectivity index (χ0v) is 17.7. The molecule has 5 nitrogen and oxygen atoms in total. The van der Waals surface area contributed by atoms with E-state index in [4.69, 9.17) is 9.47 Å². The van der Waals surface area contributed by atoms with Crippen molar-refractivity contribution in [1.82, 2.24) is 4.90 Å². The van der Waals surface area contributed by atoms with Crippen LogP contribution in [-0.4, -0.2) is 42.8 Å². The van der Waals surface area contributed by atoms with Gasteiger partial charge in [-0.25, -0.2) is 9.59 Å². The molecule has 154 valence electrons. The summed E-state index contributed by atoms with van der Waals surface area (Å²) in [5.41, 5.74) is 0. The first kappa shape index (κ1) is 24.7. The number of amides is 1. The molecular formula is C21H41NO4. The average molecular weight is 372 g/mol. The molecule has 0 saturated carbocycles. The highest BCUT2D eigenvalue weighted by atomic mass is 16.6. The molecule has 0 unspecified atom stereocenters. The second-order valence-corrected chi connectivity index (χ2v) is 7.26. The zero-order chi connectivity index (χ0) is 19.8. The number of nitrogens with zero attached hydrogens (tertiary/aromatic N) is 1. The van der Waals surface area contributed by atoms with Gasteiger partial charge >= 0.3 is 12.1 Å². The number of hydrogen-bond donors (Lipinski definition) is 0. The Labute approximate surface area is 160 Å². The Morgan fingerprint density at radius 2 is 1.35 bits per heavy atom. The first-order chi connectivity index (χ1) is 12.5. The van der Waals surface area contributed by atoms with Gasteiger partial charge in [-0.2, -0.15) is 0 Å².